The molecule has 0 spiro atoms. The molecule has 2 aliphatic heterocycles. The summed E-state index contributed by atoms with van der Waals surface area (Å²) in [6.45, 7) is 0.874. The van der Waals surface area contributed by atoms with Crippen molar-refractivity contribution in [1.82, 2.24) is 0 Å². The number of ether oxygens (including phenoxy) is 2. The Morgan fingerprint density at radius 1 is 0.929 bits per heavy atom. The summed E-state index contributed by atoms with van der Waals surface area (Å²) in [7, 11) is -8.81. The molecule has 2 atom stereocenters. The standard InChI is InChI=1S/C29H29ClFNO8S2/c1-17-24(29(34)40-15-14-39-28(33)18-8-3-2-4-9-18)26(25-19(30)10-7-11-20(25)31)27-21(32-17)16-41(35,36)22-12-5-6-13-23(22)42(27,37)38/h5-7,10-13,18,24,26H,2-4,8-9,14-16H2,1H3. The van der Waals surface area contributed by atoms with Crippen LogP contribution in [-0.4, -0.2) is 53.5 Å². The maximum absolute atomic E-state index is 15.5. The molecule has 224 valence electrons. The summed E-state index contributed by atoms with van der Waals surface area (Å²) in [5, 5.41) is -0.156. The van der Waals surface area contributed by atoms with Crippen LogP contribution in [0.25, 0.3) is 0 Å². The summed E-state index contributed by atoms with van der Waals surface area (Å²) >= 11 is 6.41. The molecule has 0 N–H and O–H groups in total. The van der Waals surface area contributed by atoms with Gasteiger partial charge in [0.25, 0.3) is 0 Å². The van der Waals surface area contributed by atoms with Crippen LogP contribution in [0.3, 0.4) is 0 Å². The first-order valence-corrected chi connectivity index (χ1v) is 17.1. The molecule has 0 radical (unpaired) electrons. The van der Waals surface area contributed by atoms with E-state index in [2.05, 4.69) is 4.99 Å². The fraction of sp³-hybridized carbons (Fsp3) is 0.414. The SMILES string of the molecule is CC1=NC2=C(C(c3c(F)cccc3Cl)C1C(=O)OCCOC(=O)C1CCCCC1)S(=O)(=O)c1ccccc1S(=O)(=O)C2. The summed E-state index contributed by atoms with van der Waals surface area (Å²) in [6, 6.07) is 8.86. The van der Waals surface area contributed by atoms with E-state index in [1.54, 1.807) is 0 Å². The van der Waals surface area contributed by atoms with Crippen LogP contribution in [0.4, 0.5) is 4.39 Å². The second kappa shape index (κ2) is 11.9. The molecule has 2 aromatic carbocycles. The Hall–Kier alpha value is -3.09. The van der Waals surface area contributed by atoms with E-state index in [0.717, 1.165) is 44.2 Å². The van der Waals surface area contributed by atoms with Gasteiger partial charge in [0, 0.05) is 22.2 Å². The number of hydrogen-bond acceptors (Lipinski definition) is 9. The molecule has 13 heteroatoms. The van der Waals surface area contributed by atoms with Crippen molar-refractivity contribution in [3.8, 4) is 0 Å². The summed E-state index contributed by atoms with van der Waals surface area (Å²) in [5.74, 6) is -6.21. The third-order valence-corrected chi connectivity index (χ3v) is 12.0. The van der Waals surface area contributed by atoms with Crippen molar-refractivity contribution in [1.29, 1.82) is 0 Å². The fourth-order valence-corrected chi connectivity index (χ4v) is 10.2. The number of allylic oxidation sites excluding steroid dienone is 1. The van der Waals surface area contributed by atoms with E-state index in [1.165, 1.54) is 37.3 Å². The number of nitrogens with zero attached hydrogens (tertiary/aromatic N) is 1. The minimum Gasteiger partial charge on any atom is -0.462 e. The third-order valence-electron chi connectivity index (χ3n) is 7.83. The molecule has 9 nitrogen and oxygen atoms in total. The van der Waals surface area contributed by atoms with Gasteiger partial charge in [0.05, 0.1) is 32.1 Å². The molecule has 5 rings (SSSR count). The maximum atomic E-state index is 15.5. The lowest BCUT2D eigenvalue weighted by Crippen LogP contribution is -2.37. The number of benzene rings is 2. The quantitative estimate of drug-likeness (QED) is 0.326. The molecule has 2 heterocycles. The summed E-state index contributed by atoms with van der Waals surface area (Å²) < 4.78 is 81.0. The molecular weight excluding hydrogens is 609 g/mol. The number of fused-ring (bicyclic) bond motifs is 1. The predicted molar refractivity (Wildman–Crippen MR) is 152 cm³/mol. The van der Waals surface area contributed by atoms with Gasteiger partial charge in [0.2, 0.25) is 9.84 Å². The van der Waals surface area contributed by atoms with Crippen LogP contribution in [-0.2, 0) is 38.7 Å². The van der Waals surface area contributed by atoms with Crippen molar-refractivity contribution in [3.63, 3.8) is 0 Å². The highest BCUT2D eigenvalue weighted by atomic mass is 35.5. The number of sulfone groups is 2. The number of carbonyl (C=O) groups is 2. The van der Waals surface area contributed by atoms with Gasteiger partial charge in [-0.05, 0) is 44.0 Å². The van der Waals surface area contributed by atoms with Gasteiger partial charge in [0.15, 0.2) is 9.84 Å². The summed E-state index contributed by atoms with van der Waals surface area (Å²) in [6.07, 6.45) is 4.45. The van der Waals surface area contributed by atoms with E-state index in [-0.39, 0.29) is 47.1 Å². The zero-order valence-corrected chi connectivity index (χ0v) is 25.1. The molecule has 1 aliphatic carbocycles. The van der Waals surface area contributed by atoms with Crippen LogP contribution in [0, 0.1) is 17.7 Å². The number of esters is 2. The van der Waals surface area contributed by atoms with Gasteiger partial charge in [0.1, 0.15) is 24.9 Å². The Morgan fingerprint density at radius 3 is 2.24 bits per heavy atom. The molecule has 2 aromatic rings. The summed E-state index contributed by atoms with van der Waals surface area (Å²) in [5.41, 5.74) is -0.593. The fourth-order valence-electron chi connectivity index (χ4n) is 5.88. The molecule has 2 unspecified atom stereocenters. The Labute approximate surface area is 248 Å². The van der Waals surface area contributed by atoms with Crippen LogP contribution in [0.1, 0.15) is 50.5 Å². The van der Waals surface area contributed by atoms with Crippen molar-refractivity contribution >= 4 is 48.9 Å². The van der Waals surface area contributed by atoms with Crippen LogP contribution < -0.4 is 0 Å². The second-order valence-electron chi connectivity index (χ2n) is 10.5. The Bertz CT molecular complexity index is 1690. The lowest BCUT2D eigenvalue weighted by atomic mass is 9.80. The molecule has 0 aromatic heterocycles. The van der Waals surface area contributed by atoms with Crippen molar-refractivity contribution in [3.05, 3.63) is 69.5 Å². The molecule has 0 saturated heterocycles. The minimum atomic E-state index is -4.63. The minimum absolute atomic E-state index is 0.0265. The van der Waals surface area contributed by atoms with Gasteiger partial charge in [-0.3, -0.25) is 14.6 Å². The lowest BCUT2D eigenvalue weighted by Gasteiger charge is -2.32. The van der Waals surface area contributed by atoms with Crippen LogP contribution in [0.15, 0.2) is 67.9 Å². The maximum Gasteiger partial charge on any atom is 0.315 e. The highest BCUT2D eigenvalue weighted by Gasteiger charge is 2.49. The normalized spacial score (nSPS) is 23.2. The predicted octanol–water partition coefficient (Wildman–Crippen LogP) is 4.79. The zero-order chi connectivity index (χ0) is 30.2. The largest absolute Gasteiger partial charge is 0.462 e. The van der Waals surface area contributed by atoms with Crippen LogP contribution >= 0.6 is 11.6 Å². The average Bonchev–Trinajstić information content (AvgIpc) is 3.01. The molecule has 1 fully saturated rings. The molecule has 0 bridgehead atoms. The Kier molecular flexibility index (Phi) is 8.60. The Morgan fingerprint density at radius 2 is 1.57 bits per heavy atom. The topological polar surface area (TPSA) is 133 Å². The zero-order valence-electron chi connectivity index (χ0n) is 22.7. The average molecular weight is 638 g/mol. The van der Waals surface area contributed by atoms with E-state index >= 15 is 4.39 Å². The number of aliphatic imine (C=N–C) groups is 1. The van der Waals surface area contributed by atoms with Gasteiger partial charge in [-0.15, -0.1) is 0 Å². The van der Waals surface area contributed by atoms with Crippen molar-refractivity contribution in [2.75, 3.05) is 19.0 Å². The number of halogens is 2. The van der Waals surface area contributed by atoms with Crippen molar-refractivity contribution < 1.29 is 40.3 Å². The second-order valence-corrected chi connectivity index (χ2v) is 14.8. The number of rotatable bonds is 6. The monoisotopic (exact) mass is 637 g/mol. The molecule has 1 saturated carbocycles. The first kappa shape index (κ1) is 30.4. The van der Waals surface area contributed by atoms with Crippen molar-refractivity contribution in [2.24, 2.45) is 16.8 Å². The molecule has 0 amide bonds. The van der Waals surface area contributed by atoms with E-state index in [4.69, 9.17) is 21.1 Å². The summed E-state index contributed by atoms with van der Waals surface area (Å²) in [4.78, 5) is 28.8. The smallest absolute Gasteiger partial charge is 0.315 e. The van der Waals surface area contributed by atoms with E-state index in [0.29, 0.717) is 0 Å². The number of carbonyl (C=O) groups excluding carboxylic acids is 2. The van der Waals surface area contributed by atoms with Gasteiger partial charge in [-0.1, -0.05) is 49.1 Å². The van der Waals surface area contributed by atoms with E-state index in [1.807, 2.05) is 0 Å². The third kappa shape index (κ3) is 5.63. The lowest BCUT2D eigenvalue weighted by molar-refractivity contribution is -0.157. The molecular formula is C29H29ClFNO8S2. The van der Waals surface area contributed by atoms with Gasteiger partial charge in [-0.25, -0.2) is 21.2 Å². The van der Waals surface area contributed by atoms with E-state index in [9.17, 15) is 26.4 Å². The Balaban J connectivity index is 1.52. The van der Waals surface area contributed by atoms with Gasteiger partial charge in [-0.2, -0.15) is 0 Å². The highest BCUT2D eigenvalue weighted by Crippen LogP contribution is 2.49. The molecule has 42 heavy (non-hydrogen) atoms. The highest BCUT2D eigenvalue weighted by molar-refractivity contribution is 7.97. The first-order valence-electron chi connectivity index (χ1n) is 13.6. The van der Waals surface area contributed by atoms with Gasteiger partial charge >= 0.3 is 11.9 Å². The van der Waals surface area contributed by atoms with Gasteiger partial charge < -0.3 is 9.47 Å². The van der Waals surface area contributed by atoms with Crippen LogP contribution in [0.2, 0.25) is 5.02 Å². The van der Waals surface area contributed by atoms with E-state index < -0.39 is 63.7 Å². The molecule has 3 aliphatic rings. The van der Waals surface area contributed by atoms with Crippen molar-refractivity contribution in [2.45, 2.75) is 54.7 Å². The first-order chi connectivity index (χ1) is 19.9. The van der Waals surface area contributed by atoms with Crippen LogP contribution in [0.5, 0.6) is 0 Å². The number of hydrogen-bond donors (Lipinski definition) is 0.